The van der Waals surface area contributed by atoms with E-state index in [0.29, 0.717) is 6.54 Å². The SMILES string of the molecule is Cc1nn(C)cc1CNC(=O)C1(N)CC1. The molecule has 1 aromatic heterocycles. The lowest BCUT2D eigenvalue weighted by Crippen LogP contribution is -2.42. The number of amides is 1. The third-order valence-electron chi connectivity index (χ3n) is 2.80. The molecule has 2 rings (SSSR count). The highest BCUT2D eigenvalue weighted by Gasteiger charge is 2.45. The molecule has 0 atom stereocenters. The lowest BCUT2D eigenvalue weighted by Gasteiger charge is -2.08. The molecule has 1 saturated carbocycles. The Labute approximate surface area is 88.6 Å². The summed E-state index contributed by atoms with van der Waals surface area (Å²) in [4.78, 5) is 11.6. The Balaban J connectivity index is 1.93. The van der Waals surface area contributed by atoms with Crippen molar-refractivity contribution in [2.24, 2.45) is 12.8 Å². The second-order valence-electron chi connectivity index (χ2n) is 4.25. The number of hydrogen-bond acceptors (Lipinski definition) is 3. The summed E-state index contributed by atoms with van der Waals surface area (Å²) in [5.74, 6) is -0.0502. The first kappa shape index (κ1) is 10.2. The summed E-state index contributed by atoms with van der Waals surface area (Å²) in [6.07, 6.45) is 3.50. The van der Waals surface area contributed by atoms with Crippen LogP contribution in [0.3, 0.4) is 0 Å². The average molecular weight is 208 g/mol. The van der Waals surface area contributed by atoms with Crippen molar-refractivity contribution in [3.05, 3.63) is 17.5 Å². The van der Waals surface area contributed by atoms with E-state index in [1.807, 2.05) is 20.2 Å². The topological polar surface area (TPSA) is 72.9 Å². The summed E-state index contributed by atoms with van der Waals surface area (Å²) in [5, 5.41) is 7.04. The van der Waals surface area contributed by atoms with Gasteiger partial charge in [0.05, 0.1) is 11.2 Å². The van der Waals surface area contributed by atoms with E-state index in [1.54, 1.807) is 4.68 Å². The number of nitrogens with two attached hydrogens (primary N) is 1. The lowest BCUT2D eigenvalue weighted by atomic mass is 10.2. The fraction of sp³-hybridized carbons (Fsp3) is 0.600. The highest BCUT2D eigenvalue weighted by atomic mass is 16.2. The number of carbonyl (C=O) groups excluding carboxylic acids is 1. The van der Waals surface area contributed by atoms with Crippen LogP contribution < -0.4 is 11.1 Å². The fourth-order valence-corrected chi connectivity index (χ4v) is 1.54. The molecule has 0 aliphatic heterocycles. The molecule has 0 bridgehead atoms. The molecule has 15 heavy (non-hydrogen) atoms. The highest BCUT2D eigenvalue weighted by Crippen LogP contribution is 2.32. The zero-order valence-corrected chi connectivity index (χ0v) is 9.08. The molecule has 1 heterocycles. The highest BCUT2D eigenvalue weighted by molar-refractivity contribution is 5.88. The van der Waals surface area contributed by atoms with E-state index in [1.165, 1.54) is 0 Å². The zero-order chi connectivity index (χ0) is 11.1. The molecular weight excluding hydrogens is 192 g/mol. The predicted octanol–water partition coefficient (Wildman–Crippen LogP) is -0.164. The molecule has 1 aromatic rings. The van der Waals surface area contributed by atoms with Crippen LogP contribution in [0.1, 0.15) is 24.1 Å². The Bertz CT molecular complexity index is 392. The molecule has 0 radical (unpaired) electrons. The Morgan fingerprint density at radius 3 is 2.87 bits per heavy atom. The molecule has 5 heteroatoms. The largest absolute Gasteiger partial charge is 0.350 e. The molecule has 0 unspecified atom stereocenters. The number of nitrogens with one attached hydrogen (secondary N) is 1. The van der Waals surface area contributed by atoms with Gasteiger partial charge in [-0.15, -0.1) is 0 Å². The van der Waals surface area contributed by atoms with E-state index in [0.717, 1.165) is 24.1 Å². The Morgan fingerprint density at radius 2 is 2.40 bits per heavy atom. The van der Waals surface area contributed by atoms with E-state index in [9.17, 15) is 4.79 Å². The van der Waals surface area contributed by atoms with Crippen molar-refractivity contribution >= 4 is 5.91 Å². The quantitative estimate of drug-likeness (QED) is 0.724. The minimum absolute atomic E-state index is 0.0502. The Hall–Kier alpha value is -1.36. The van der Waals surface area contributed by atoms with Crippen molar-refractivity contribution in [2.75, 3.05) is 0 Å². The van der Waals surface area contributed by atoms with Gasteiger partial charge in [0.25, 0.3) is 0 Å². The van der Waals surface area contributed by atoms with Crippen LogP contribution in [0.2, 0.25) is 0 Å². The van der Waals surface area contributed by atoms with Gasteiger partial charge in [-0.2, -0.15) is 5.10 Å². The van der Waals surface area contributed by atoms with Crippen LogP contribution in [0, 0.1) is 6.92 Å². The van der Waals surface area contributed by atoms with Gasteiger partial charge in [-0.1, -0.05) is 0 Å². The monoisotopic (exact) mass is 208 g/mol. The van der Waals surface area contributed by atoms with Crippen molar-refractivity contribution < 1.29 is 4.79 Å². The van der Waals surface area contributed by atoms with Gasteiger partial charge in [0.1, 0.15) is 0 Å². The molecule has 0 aromatic carbocycles. The summed E-state index contributed by atoms with van der Waals surface area (Å²) in [6.45, 7) is 2.44. The first-order valence-electron chi connectivity index (χ1n) is 5.07. The summed E-state index contributed by atoms with van der Waals surface area (Å²) in [5.41, 5.74) is 7.16. The van der Waals surface area contributed by atoms with E-state index >= 15 is 0 Å². The molecule has 0 saturated heterocycles. The maximum Gasteiger partial charge on any atom is 0.240 e. The van der Waals surface area contributed by atoms with Gasteiger partial charge in [0.2, 0.25) is 5.91 Å². The van der Waals surface area contributed by atoms with Gasteiger partial charge in [0.15, 0.2) is 0 Å². The van der Waals surface area contributed by atoms with Gasteiger partial charge in [-0.3, -0.25) is 9.48 Å². The minimum Gasteiger partial charge on any atom is -0.350 e. The van der Waals surface area contributed by atoms with E-state index in [-0.39, 0.29) is 5.91 Å². The number of aromatic nitrogens is 2. The number of carbonyl (C=O) groups is 1. The molecular formula is C10H16N4O. The standard InChI is InChI=1S/C10H16N4O/c1-7-8(6-14(2)13-7)5-12-9(15)10(11)3-4-10/h6H,3-5,11H2,1-2H3,(H,12,15). The molecule has 1 amide bonds. The van der Waals surface area contributed by atoms with Crippen LogP contribution >= 0.6 is 0 Å². The molecule has 3 N–H and O–H groups in total. The third-order valence-corrected chi connectivity index (χ3v) is 2.80. The third kappa shape index (κ3) is 2.02. The summed E-state index contributed by atoms with van der Waals surface area (Å²) < 4.78 is 1.74. The van der Waals surface area contributed by atoms with Gasteiger partial charge >= 0.3 is 0 Å². The van der Waals surface area contributed by atoms with Crippen molar-refractivity contribution in [2.45, 2.75) is 31.8 Å². The maximum absolute atomic E-state index is 11.6. The number of hydrogen-bond donors (Lipinski definition) is 2. The molecule has 5 nitrogen and oxygen atoms in total. The van der Waals surface area contributed by atoms with Crippen LogP contribution in [-0.4, -0.2) is 21.2 Å². The second kappa shape index (κ2) is 3.34. The Kier molecular flexibility index (Phi) is 2.26. The van der Waals surface area contributed by atoms with Crippen molar-refractivity contribution in [1.29, 1.82) is 0 Å². The number of nitrogens with zero attached hydrogens (tertiary/aromatic N) is 2. The predicted molar refractivity (Wildman–Crippen MR) is 55.9 cm³/mol. The summed E-state index contributed by atoms with van der Waals surface area (Å²) in [6, 6.07) is 0. The molecule has 0 spiro atoms. The summed E-state index contributed by atoms with van der Waals surface area (Å²) >= 11 is 0. The van der Waals surface area contributed by atoms with Gasteiger partial charge < -0.3 is 11.1 Å². The number of aryl methyl sites for hydroxylation is 2. The normalized spacial score (nSPS) is 17.5. The molecule has 1 aliphatic carbocycles. The van der Waals surface area contributed by atoms with Gasteiger partial charge in [-0.25, -0.2) is 0 Å². The number of rotatable bonds is 3. The van der Waals surface area contributed by atoms with E-state index in [2.05, 4.69) is 10.4 Å². The van der Waals surface area contributed by atoms with Gasteiger partial charge in [0, 0.05) is 25.4 Å². The van der Waals surface area contributed by atoms with Gasteiger partial charge in [-0.05, 0) is 19.8 Å². The summed E-state index contributed by atoms with van der Waals surface area (Å²) in [7, 11) is 1.86. The van der Waals surface area contributed by atoms with Crippen LogP contribution in [0.15, 0.2) is 6.20 Å². The van der Waals surface area contributed by atoms with Crippen LogP contribution in [0.4, 0.5) is 0 Å². The van der Waals surface area contributed by atoms with Crippen molar-refractivity contribution in [1.82, 2.24) is 15.1 Å². The first-order valence-corrected chi connectivity index (χ1v) is 5.07. The zero-order valence-electron chi connectivity index (χ0n) is 9.08. The van der Waals surface area contributed by atoms with Crippen molar-refractivity contribution in [3.63, 3.8) is 0 Å². The first-order chi connectivity index (χ1) is 7.01. The van der Waals surface area contributed by atoms with Crippen LogP contribution in [0.5, 0.6) is 0 Å². The molecule has 82 valence electrons. The second-order valence-corrected chi connectivity index (χ2v) is 4.25. The van der Waals surface area contributed by atoms with Crippen LogP contribution in [-0.2, 0) is 18.4 Å². The van der Waals surface area contributed by atoms with E-state index < -0.39 is 5.54 Å². The van der Waals surface area contributed by atoms with Crippen molar-refractivity contribution in [3.8, 4) is 0 Å². The molecule has 1 fully saturated rings. The minimum atomic E-state index is -0.587. The average Bonchev–Trinajstić information content (AvgIpc) is 2.83. The molecule has 1 aliphatic rings. The fourth-order valence-electron chi connectivity index (χ4n) is 1.54. The maximum atomic E-state index is 11.6. The van der Waals surface area contributed by atoms with Crippen LogP contribution in [0.25, 0.3) is 0 Å². The Morgan fingerprint density at radius 1 is 1.73 bits per heavy atom. The lowest BCUT2D eigenvalue weighted by molar-refractivity contribution is -0.123. The smallest absolute Gasteiger partial charge is 0.240 e. The van der Waals surface area contributed by atoms with E-state index in [4.69, 9.17) is 5.73 Å².